The molecule has 0 N–H and O–H groups in total. The summed E-state index contributed by atoms with van der Waals surface area (Å²) in [6, 6.07) is 9.26. The molecule has 2 aliphatic rings. The molecule has 1 saturated carbocycles. The van der Waals surface area contributed by atoms with Crippen molar-refractivity contribution in [2.75, 3.05) is 0 Å². The molecule has 0 aromatic heterocycles. The third kappa shape index (κ3) is 2.89. The molecular formula is C15H14BrNO2. The van der Waals surface area contributed by atoms with Crippen LogP contribution in [0.2, 0.25) is 0 Å². The quantitative estimate of drug-likeness (QED) is 0.822. The minimum atomic E-state index is -0.324. The standard InChI is InChI=1S/C15H14BrNO2/c16-12-8-9-17(14(10-12)11-6-7-11)15(18)19-13-4-2-1-3-5-13/h1-5,8-11,14H,6-7H2. The smallest absolute Gasteiger partial charge is 0.410 e. The van der Waals surface area contributed by atoms with Crippen molar-refractivity contribution in [3.63, 3.8) is 0 Å². The molecule has 1 aliphatic carbocycles. The van der Waals surface area contributed by atoms with Crippen LogP contribution in [0.1, 0.15) is 12.8 Å². The van der Waals surface area contributed by atoms with Crippen molar-refractivity contribution in [1.82, 2.24) is 4.90 Å². The molecular weight excluding hydrogens is 306 g/mol. The molecule has 19 heavy (non-hydrogen) atoms. The highest BCUT2D eigenvalue weighted by Gasteiger charge is 2.37. The number of halogens is 1. The zero-order valence-electron chi connectivity index (χ0n) is 10.3. The number of hydrogen-bond donors (Lipinski definition) is 0. The summed E-state index contributed by atoms with van der Waals surface area (Å²) in [4.78, 5) is 13.9. The SMILES string of the molecule is O=C(Oc1ccccc1)N1C=CC(Br)=CC1C1CC1. The van der Waals surface area contributed by atoms with Crippen molar-refractivity contribution in [3.05, 3.63) is 53.2 Å². The lowest BCUT2D eigenvalue weighted by atomic mass is 10.1. The second-order valence-corrected chi connectivity index (χ2v) is 5.70. The molecule has 0 spiro atoms. The summed E-state index contributed by atoms with van der Waals surface area (Å²) in [5, 5.41) is 0. The van der Waals surface area contributed by atoms with Crippen LogP contribution in [0, 0.1) is 5.92 Å². The number of carbonyl (C=O) groups excluding carboxylic acids is 1. The molecule has 1 aromatic carbocycles. The van der Waals surface area contributed by atoms with E-state index in [0.717, 1.165) is 4.48 Å². The summed E-state index contributed by atoms with van der Waals surface area (Å²) >= 11 is 3.46. The molecule has 1 unspecified atom stereocenters. The zero-order chi connectivity index (χ0) is 13.2. The molecule has 0 saturated heterocycles. The van der Waals surface area contributed by atoms with E-state index in [-0.39, 0.29) is 12.1 Å². The van der Waals surface area contributed by atoms with Gasteiger partial charge in [0.2, 0.25) is 0 Å². The highest BCUT2D eigenvalue weighted by atomic mass is 79.9. The average molecular weight is 320 g/mol. The van der Waals surface area contributed by atoms with Crippen molar-refractivity contribution < 1.29 is 9.53 Å². The molecule has 1 amide bonds. The van der Waals surface area contributed by atoms with Crippen LogP contribution in [-0.4, -0.2) is 17.0 Å². The molecule has 3 nitrogen and oxygen atoms in total. The minimum absolute atomic E-state index is 0.107. The van der Waals surface area contributed by atoms with E-state index in [0.29, 0.717) is 11.7 Å². The van der Waals surface area contributed by atoms with Crippen molar-refractivity contribution in [2.45, 2.75) is 18.9 Å². The molecule has 98 valence electrons. The summed E-state index contributed by atoms with van der Waals surface area (Å²) < 4.78 is 6.41. The maximum atomic E-state index is 12.2. The molecule has 0 radical (unpaired) electrons. The van der Waals surface area contributed by atoms with Gasteiger partial charge in [-0.25, -0.2) is 4.79 Å². The van der Waals surface area contributed by atoms with Crippen LogP contribution in [0.3, 0.4) is 0 Å². The summed E-state index contributed by atoms with van der Waals surface area (Å²) in [6.45, 7) is 0. The second-order valence-electron chi connectivity index (χ2n) is 4.78. The number of ether oxygens (including phenoxy) is 1. The van der Waals surface area contributed by atoms with Gasteiger partial charge in [0.15, 0.2) is 0 Å². The lowest BCUT2D eigenvalue weighted by Gasteiger charge is -2.28. The Morgan fingerprint density at radius 3 is 2.68 bits per heavy atom. The van der Waals surface area contributed by atoms with Gasteiger partial charge in [-0.3, -0.25) is 4.90 Å². The Bertz CT molecular complexity index is 534. The Hall–Kier alpha value is -1.55. The van der Waals surface area contributed by atoms with Gasteiger partial charge in [-0.1, -0.05) is 34.1 Å². The first-order valence-corrected chi connectivity index (χ1v) is 7.14. The Morgan fingerprint density at radius 1 is 1.26 bits per heavy atom. The van der Waals surface area contributed by atoms with E-state index in [1.165, 1.54) is 12.8 Å². The number of amides is 1. The lowest BCUT2D eigenvalue weighted by Crippen LogP contribution is -2.39. The van der Waals surface area contributed by atoms with Crippen LogP contribution >= 0.6 is 15.9 Å². The molecule has 4 heteroatoms. The first-order valence-electron chi connectivity index (χ1n) is 6.35. The second kappa shape index (κ2) is 5.21. The van der Waals surface area contributed by atoms with Crippen molar-refractivity contribution >= 4 is 22.0 Å². The van der Waals surface area contributed by atoms with Gasteiger partial charge in [-0.2, -0.15) is 0 Å². The Morgan fingerprint density at radius 2 is 2.00 bits per heavy atom. The molecule has 0 bridgehead atoms. The van der Waals surface area contributed by atoms with Crippen LogP contribution in [0.4, 0.5) is 4.79 Å². The molecule has 1 atom stereocenters. The monoisotopic (exact) mass is 319 g/mol. The molecule has 1 fully saturated rings. The number of benzene rings is 1. The normalized spacial score (nSPS) is 22.1. The van der Waals surface area contributed by atoms with E-state index in [9.17, 15) is 4.79 Å². The fraction of sp³-hybridized carbons (Fsp3) is 0.267. The molecule has 1 aliphatic heterocycles. The highest BCUT2D eigenvalue weighted by molar-refractivity contribution is 9.11. The Labute approximate surface area is 120 Å². The predicted octanol–water partition coefficient (Wildman–Crippen LogP) is 4.07. The van der Waals surface area contributed by atoms with Gasteiger partial charge in [-0.05, 0) is 43.0 Å². The fourth-order valence-electron chi connectivity index (χ4n) is 2.18. The zero-order valence-corrected chi connectivity index (χ0v) is 11.9. The van der Waals surface area contributed by atoms with Crippen LogP contribution in [0.5, 0.6) is 5.75 Å². The van der Waals surface area contributed by atoms with Crippen LogP contribution < -0.4 is 4.74 Å². The topological polar surface area (TPSA) is 29.5 Å². The third-order valence-electron chi connectivity index (χ3n) is 3.31. The van der Waals surface area contributed by atoms with E-state index in [4.69, 9.17) is 4.74 Å². The molecule has 1 heterocycles. The maximum absolute atomic E-state index is 12.2. The van der Waals surface area contributed by atoms with E-state index < -0.39 is 0 Å². The average Bonchev–Trinajstić information content (AvgIpc) is 3.24. The molecule has 1 aromatic rings. The fourth-order valence-corrected chi connectivity index (χ4v) is 2.56. The van der Waals surface area contributed by atoms with Crippen molar-refractivity contribution in [1.29, 1.82) is 0 Å². The largest absolute Gasteiger partial charge is 0.419 e. The summed E-state index contributed by atoms with van der Waals surface area (Å²) in [6.07, 6.45) is 7.75. The van der Waals surface area contributed by atoms with E-state index in [1.54, 1.807) is 23.2 Å². The third-order valence-corrected chi connectivity index (χ3v) is 3.84. The highest BCUT2D eigenvalue weighted by Crippen LogP contribution is 2.38. The summed E-state index contributed by atoms with van der Waals surface area (Å²) in [7, 11) is 0. The van der Waals surface area contributed by atoms with Crippen molar-refractivity contribution in [2.24, 2.45) is 5.92 Å². The number of allylic oxidation sites excluding steroid dienone is 2. The Kier molecular flexibility index (Phi) is 3.42. The number of hydrogen-bond acceptors (Lipinski definition) is 2. The van der Waals surface area contributed by atoms with E-state index >= 15 is 0 Å². The van der Waals surface area contributed by atoms with Gasteiger partial charge in [0.1, 0.15) is 5.75 Å². The van der Waals surface area contributed by atoms with Crippen LogP contribution in [0.25, 0.3) is 0 Å². The number of rotatable bonds is 2. The number of carbonyl (C=O) groups is 1. The van der Waals surface area contributed by atoms with Crippen LogP contribution in [0.15, 0.2) is 53.2 Å². The van der Waals surface area contributed by atoms with Gasteiger partial charge in [0.25, 0.3) is 0 Å². The minimum Gasteiger partial charge on any atom is -0.410 e. The molecule has 3 rings (SSSR count). The summed E-state index contributed by atoms with van der Waals surface area (Å²) in [5.41, 5.74) is 0. The van der Waals surface area contributed by atoms with Crippen molar-refractivity contribution in [3.8, 4) is 5.75 Å². The van der Waals surface area contributed by atoms with Gasteiger partial charge in [0, 0.05) is 10.7 Å². The Balaban J connectivity index is 1.74. The summed E-state index contributed by atoms with van der Waals surface area (Å²) in [5.74, 6) is 1.13. The first-order chi connectivity index (χ1) is 9.24. The van der Waals surface area contributed by atoms with Gasteiger partial charge >= 0.3 is 6.09 Å². The maximum Gasteiger partial charge on any atom is 0.419 e. The first kappa shape index (κ1) is 12.5. The van der Waals surface area contributed by atoms with Gasteiger partial charge < -0.3 is 4.74 Å². The number of nitrogens with zero attached hydrogens (tertiary/aromatic N) is 1. The van der Waals surface area contributed by atoms with E-state index in [1.807, 2.05) is 24.3 Å². The predicted molar refractivity (Wildman–Crippen MR) is 77.0 cm³/mol. The number of para-hydroxylation sites is 1. The van der Waals surface area contributed by atoms with Gasteiger partial charge in [-0.15, -0.1) is 0 Å². The van der Waals surface area contributed by atoms with Crippen LogP contribution in [-0.2, 0) is 0 Å². The van der Waals surface area contributed by atoms with Gasteiger partial charge in [0.05, 0.1) is 6.04 Å². The lowest BCUT2D eigenvalue weighted by molar-refractivity contribution is 0.157. The van der Waals surface area contributed by atoms with E-state index in [2.05, 4.69) is 22.0 Å².